The molecule has 7 N–H and O–H groups in total. The maximum absolute atomic E-state index is 11.3. The zero-order valence-corrected chi connectivity index (χ0v) is 82.4. The van der Waals surface area contributed by atoms with Gasteiger partial charge in [0.1, 0.15) is 0 Å². The standard InChI is InChI=1S/C9H12N4S.C8H10N4S.6C8H10.C7H9BrN2O.C7H11N3O2.C7H10N2O.C5H6N2O2.C2H6N2S.2CH3.Mg/c1-6-8(12-9(10-2)14-6)7-4-11-13(3)5-7;1-5-7(6-3-10-11-4-6)12-8(9-2)13-5;6*1-2-8-6-4-3-5-7-8;1-5(8)7(11)6-3-9-10(2)4-6;1-9-5-6(4-8-9)7(11)10(2)12-3;1-3-7(10)6-4-8-9(2)5-6;1-7-3-4(2-6-7)5(8)9;1-4-2(3)5;;;/h4-5H,1-3H3,(H,10,12);3-4H,1-2H3,(H,9,12)(H,10,11);6*3-7H,2H2,1H3;3-5H,1-2H3;4-5H,1-3H3;4-5H,3H2,1-2H3;2-3H,1H3,(H,8,9);1H3,(H3,3,4,5);2*1H3;/q;;;;;;;;;;;;;2*-1;+2. The number of halogens is 1. The number of carboxylic acids is 1. The van der Waals surface area contributed by atoms with Gasteiger partial charge in [-0.15, -0.1) is 22.7 Å². The number of carboxylic acid groups (broad SMARTS) is 1. The van der Waals surface area contributed by atoms with Gasteiger partial charge in [0, 0.05) is 128 Å². The summed E-state index contributed by atoms with van der Waals surface area (Å²) in [4.78, 5) is 59.6. The molecule has 30 heteroatoms. The number of nitrogens with zero attached hydrogens (tertiary/aromatic N) is 14. The van der Waals surface area contributed by atoms with Crippen molar-refractivity contribution >= 4 is 113 Å². The topological polar surface area (TPSA) is 307 Å². The number of aromatic nitrogens is 14. The number of benzene rings is 6. The number of amides is 1. The minimum Gasteiger partial charge on any atom is -0.478 e. The molecule has 1 amide bonds. The molecule has 8 aromatic heterocycles. The summed E-state index contributed by atoms with van der Waals surface area (Å²) >= 11 is 10.9. The van der Waals surface area contributed by atoms with Crippen molar-refractivity contribution < 1.29 is 29.1 Å². The maximum Gasteiger partial charge on any atom is 2.00 e. The van der Waals surface area contributed by atoms with Gasteiger partial charge in [-0.1, -0.05) is 246 Å². The fourth-order valence-electron chi connectivity index (χ4n) is 9.62. The van der Waals surface area contributed by atoms with E-state index in [0.29, 0.717) is 28.2 Å². The molecule has 0 aliphatic carbocycles. The molecular formula is C95H130BrMgN19O6S3. The Morgan fingerprint density at radius 3 is 0.984 bits per heavy atom. The average Bonchev–Trinajstić information content (AvgIpc) is 1.72. The normalized spacial score (nSPS) is 9.58. The molecule has 0 saturated carbocycles. The van der Waals surface area contributed by atoms with Crippen LogP contribution in [0.3, 0.4) is 0 Å². The van der Waals surface area contributed by atoms with Gasteiger partial charge in [-0.25, -0.2) is 19.8 Å². The number of H-pyrrole nitrogens is 1. The number of hydrogen-bond donors (Lipinski definition) is 6. The van der Waals surface area contributed by atoms with Crippen LogP contribution in [0.1, 0.15) is 146 Å². The second-order valence-corrected chi connectivity index (χ2v) is 30.3. The van der Waals surface area contributed by atoms with Gasteiger partial charge in [0.2, 0.25) is 0 Å². The first-order chi connectivity index (χ1) is 58.6. The van der Waals surface area contributed by atoms with Gasteiger partial charge in [0.05, 0.1) is 82.8 Å². The van der Waals surface area contributed by atoms with Crippen molar-refractivity contribution in [2.75, 3.05) is 45.9 Å². The molecule has 0 aliphatic rings. The smallest absolute Gasteiger partial charge is 0.478 e. The second-order valence-electron chi connectivity index (χ2n) is 26.0. The number of ketones is 2. The van der Waals surface area contributed by atoms with Crippen LogP contribution in [0.5, 0.6) is 0 Å². The Hall–Kier alpha value is -11.4. The van der Waals surface area contributed by atoms with Crippen LogP contribution in [0, 0.1) is 28.7 Å². The molecule has 1 atom stereocenters. The molecule has 14 aromatic rings. The van der Waals surface area contributed by atoms with Crippen molar-refractivity contribution in [3.8, 4) is 22.5 Å². The van der Waals surface area contributed by atoms with Crippen LogP contribution in [0.15, 0.2) is 256 Å². The van der Waals surface area contributed by atoms with E-state index in [1.807, 2.05) is 83.1 Å². The Bertz CT molecular complexity index is 4760. The van der Waals surface area contributed by atoms with E-state index in [2.05, 4.69) is 291 Å². The number of carbonyl (C=O) groups is 4. The summed E-state index contributed by atoms with van der Waals surface area (Å²) in [5, 5.41) is 46.4. The number of nitrogens with two attached hydrogens (primary N) is 1. The van der Waals surface area contributed by atoms with Crippen LogP contribution in [-0.4, -0.2) is 171 Å². The summed E-state index contributed by atoms with van der Waals surface area (Å²) in [5.74, 6) is -0.931. The van der Waals surface area contributed by atoms with Crippen molar-refractivity contribution in [2.45, 2.75) is 119 Å². The van der Waals surface area contributed by atoms with E-state index in [4.69, 9.17) is 15.7 Å². The number of carbonyl (C=O) groups excluding carboxylic acids is 3. The number of hydroxylamine groups is 2. The number of nitrogens with one attached hydrogen (secondary N) is 4. The predicted octanol–water partition coefficient (Wildman–Crippen LogP) is 19.8. The number of rotatable bonds is 17. The quantitative estimate of drug-likeness (QED) is 0.0123. The number of Topliss-reactive ketones (excluding diaryl/α,β-unsaturated/α-hetero) is 2. The Morgan fingerprint density at radius 1 is 0.488 bits per heavy atom. The number of alkyl halides is 1. The van der Waals surface area contributed by atoms with Gasteiger partial charge in [0.15, 0.2) is 26.9 Å². The van der Waals surface area contributed by atoms with E-state index >= 15 is 0 Å². The molecule has 0 bridgehead atoms. The van der Waals surface area contributed by atoms with Crippen molar-refractivity contribution in [1.82, 2.24) is 79.4 Å². The van der Waals surface area contributed by atoms with Crippen LogP contribution >= 0.6 is 50.8 Å². The summed E-state index contributed by atoms with van der Waals surface area (Å²) in [5.41, 5.74) is 19.6. The number of aromatic amines is 1. The average molecular weight is 1830 g/mol. The molecule has 125 heavy (non-hydrogen) atoms. The maximum atomic E-state index is 11.3. The SMILES string of the molecule is CC(Br)C(=O)c1cnn(C)c1.CCC(=O)c1cnn(C)c1.CCc1ccccc1.CCc1ccccc1.CCc1ccccc1.CCc1ccccc1.CCc1ccccc1.CCc1ccccc1.CNC(N)=S.CNc1nc(-c2cn[nH]c2)c(C)s1.CNc1nc(-c2cnn(C)c2)c(C)s1.CON(C)C(=O)c1cnn(C)c1.Cn1cc(C(=O)O)cn1.[CH3-].[CH3-].[Mg+2]. The largest absolute Gasteiger partial charge is 2.00 e. The molecule has 6 aromatic carbocycles. The molecular weight excluding hydrogens is 1700 g/mol. The van der Waals surface area contributed by atoms with E-state index in [-0.39, 0.29) is 65.8 Å². The molecule has 8 heterocycles. The molecule has 0 spiro atoms. The van der Waals surface area contributed by atoms with E-state index in [1.54, 1.807) is 128 Å². The summed E-state index contributed by atoms with van der Waals surface area (Å²) in [7, 11) is 17.3. The van der Waals surface area contributed by atoms with Crippen LogP contribution in [0.2, 0.25) is 0 Å². The number of thiocarbonyl (C=S) groups is 1. The fourth-order valence-corrected chi connectivity index (χ4v) is 11.5. The minimum atomic E-state index is -0.942. The molecule has 1 unspecified atom stereocenters. The monoisotopic (exact) mass is 1830 g/mol. The van der Waals surface area contributed by atoms with Gasteiger partial charge < -0.3 is 41.6 Å². The Kier molecular flexibility index (Phi) is 63.8. The number of aromatic carboxylic acids is 1. The van der Waals surface area contributed by atoms with Gasteiger partial charge in [-0.2, -0.15) is 30.6 Å². The number of thiazole rings is 2. The Balaban J connectivity index is 0. The van der Waals surface area contributed by atoms with Gasteiger partial charge in [-0.3, -0.25) is 47.7 Å². The molecule has 0 saturated heterocycles. The molecule has 668 valence electrons. The summed E-state index contributed by atoms with van der Waals surface area (Å²) in [6.07, 6.45) is 27.3. The van der Waals surface area contributed by atoms with Crippen molar-refractivity contribution in [2.24, 2.45) is 41.0 Å². The number of aryl methyl sites for hydroxylation is 13. The Morgan fingerprint density at radius 2 is 0.776 bits per heavy atom. The van der Waals surface area contributed by atoms with Crippen LogP contribution in [0.25, 0.3) is 22.5 Å². The van der Waals surface area contributed by atoms with Crippen molar-refractivity contribution in [3.63, 3.8) is 0 Å². The molecule has 0 fully saturated rings. The summed E-state index contributed by atoms with van der Waals surface area (Å²) in [6.45, 7) is 20.7. The fraction of sp³-hybridized carbons (Fsp3) is 0.295. The predicted molar refractivity (Wildman–Crippen MR) is 528 cm³/mol. The molecule has 0 aliphatic heterocycles. The summed E-state index contributed by atoms with van der Waals surface area (Å²) in [6, 6.07) is 62.7. The zero-order valence-electron chi connectivity index (χ0n) is 76.9. The number of anilines is 2. The van der Waals surface area contributed by atoms with Gasteiger partial charge in [-0.05, 0) is 105 Å². The first-order valence-electron chi connectivity index (χ1n) is 39.8. The van der Waals surface area contributed by atoms with Crippen LogP contribution < -0.4 is 21.7 Å². The molecule has 25 nitrogen and oxygen atoms in total. The van der Waals surface area contributed by atoms with E-state index in [9.17, 15) is 19.2 Å². The van der Waals surface area contributed by atoms with E-state index in [0.717, 1.165) is 76.4 Å². The van der Waals surface area contributed by atoms with Gasteiger partial charge in [0.25, 0.3) is 5.91 Å². The second kappa shape index (κ2) is 69.0. The van der Waals surface area contributed by atoms with Crippen molar-refractivity contribution in [1.29, 1.82) is 0 Å². The van der Waals surface area contributed by atoms with E-state index in [1.165, 1.54) is 73.5 Å². The third kappa shape index (κ3) is 49.6. The molecule has 14 rings (SSSR count). The van der Waals surface area contributed by atoms with Crippen LogP contribution in [-0.2, 0) is 78.6 Å². The van der Waals surface area contributed by atoms with Gasteiger partial charge >= 0.3 is 29.0 Å². The first-order valence-corrected chi connectivity index (χ1v) is 42.7. The first kappa shape index (κ1) is 116. The zero-order chi connectivity index (χ0) is 90.6. The van der Waals surface area contributed by atoms with E-state index < -0.39 is 5.97 Å². The third-order valence-electron chi connectivity index (χ3n) is 16.7. The minimum absolute atomic E-state index is 0. The number of hydrogen-bond acceptors (Lipinski definition) is 18. The Labute approximate surface area is 780 Å². The summed E-state index contributed by atoms with van der Waals surface area (Å²) < 4.78 is 8.04. The third-order valence-corrected chi connectivity index (χ3v) is 19.3. The van der Waals surface area contributed by atoms with Crippen LogP contribution in [0.4, 0.5) is 10.3 Å². The van der Waals surface area contributed by atoms with Crippen molar-refractivity contribution in [3.05, 3.63) is 337 Å². The molecule has 0 radical (unpaired) electrons.